The predicted octanol–water partition coefficient (Wildman–Crippen LogP) is 41.0. The quantitative estimate of drug-likeness (QED) is 0.0356. The van der Waals surface area contributed by atoms with Gasteiger partial charge in [-0.25, -0.2) is 0 Å². The summed E-state index contributed by atoms with van der Waals surface area (Å²) in [5.74, 6) is 0. The molecule has 11 aromatic carbocycles. The van der Waals surface area contributed by atoms with Crippen LogP contribution in [0.15, 0.2) is 221 Å². The molecule has 3 heteroatoms. The molecule has 0 N–H and O–H groups in total. The van der Waals surface area contributed by atoms with Crippen molar-refractivity contribution in [3.05, 3.63) is 257 Å². The predicted molar refractivity (Wildman–Crippen MR) is 568 cm³/mol. The zero-order valence-corrected chi connectivity index (χ0v) is 82.3. The average Bonchev–Trinajstić information content (AvgIpc) is 1.49. The second kappa shape index (κ2) is 44.3. The largest absolute Gasteiger partial charge is 0.456 e. The van der Waals surface area contributed by atoms with Crippen molar-refractivity contribution in [2.45, 2.75) is 398 Å². The summed E-state index contributed by atoms with van der Waals surface area (Å²) < 4.78 is 15.0. The Bertz CT molecular complexity index is 5800. The lowest BCUT2D eigenvalue weighted by Gasteiger charge is -2.40. The molecule has 2 heterocycles. The number of rotatable bonds is 55. The fraction of sp³-hybridized carbons (Fsp3) is 0.484. The zero-order chi connectivity index (χ0) is 90.0. The Hall–Kier alpha value is -9.18. The summed E-state index contributed by atoms with van der Waals surface area (Å²) in [6.45, 7) is 19.2. The van der Waals surface area contributed by atoms with Gasteiger partial charge < -0.3 is 13.7 Å². The molecule has 4 aliphatic rings. The fourth-order valence-corrected chi connectivity index (χ4v) is 26.1. The maximum atomic E-state index is 7.87. The van der Waals surface area contributed by atoms with Gasteiger partial charge in [0.15, 0.2) is 0 Å². The minimum Gasteiger partial charge on any atom is -0.456 e. The van der Waals surface area contributed by atoms with E-state index in [4.69, 9.17) is 8.83 Å². The van der Waals surface area contributed by atoms with Gasteiger partial charge in [-0.2, -0.15) is 0 Å². The number of hydrogen-bond acceptors (Lipinski definition) is 3. The van der Waals surface area contributed by atoms with Crippen molar-refractivity contribution < 1.29 is 8.83 Å². The molecule has 0 bridgehead atoms. The van der Waals surface area contributed by atoms with Crippen LogP contribution in [0.4, 0.5) is 17.1 Å². The molecular formula is C128H159NO2. The minimum absolute atomic E-state index is 0.143. The van der Waals surface area contributed by atoms with Crippen LogP contribution in [-0.4, -0.2) is 0 Å². The number of furan rings is 2. The highest BCUT2D eigenvalue weighted by Crippen LogP contribution is 2.70. The van der Waals surface area contributed by atoms with Gasteiger partial charge in [0.2, 0.25) is 0 Å². The lowest BCUT2D eigenvalue weighted by molar-refractivity contribution is 0.369. The van der Waals surface area contributed by atoms with Gasteiger partial charge in [0.25, 0.3) is 0 Å². The van der Waals surface area contributed by atoms with E-state index in [0.29, 0.717) is 0 Å². The lowest BCUT2D eigenvalue weighted by atomic mass is 9.62. The number of nitrogens with zero attached hydrogens (tertiary/aromatic N) is 1. The van der Waals surface area contributed by atoms with Crippen LogP contribution in [0, 0.1) is 0 Å². The van der Waals surface area contributed by atoms with Crippen molar-refractivity contribution in [3.8, 4) is 66.8 Å². The summed E-state index contributed by atoms with van der Waals surface area (Å²) in [6, 6.07) is 85.9. The zero-order valence-electron chi connectivity index (χ0n) is 82.3. The van der Waals surface area contributed by atoms with Crippen LogP contribution in [-0.2, 0) is 21.7 Å². The van der Waals surface area contributed by atoms with Crippen molar-refractivity contribution in [1.82, 2.24) is 0 Å². The van der Waals surface area contributed by atoms with Crippen molar-refractivity contribution in [1.29, 1.82) is 0 Å². The second-order valence-electron chi connectivity index (χ2n) is 41.3. The van der Waals surface area contributed by atoms with Crippen molar-refractivity contribution in [2.75, 3.05) is 4.90 Å². The Labute approximate surface area is 791 Å². The van der Waals surface area contributed by atoms with Crippen LogP contribution in [0.1, 0.15) is 421 Å². The van der Waals surface area contributed by atoms with Gasteiger partial charge in [0.05, 0.1) is 5.69 Å². The summed E-state index contributed by atoms with van der Waals surface area (Å²) in [5.41, 5.74) is 36.4. The Kier molecular flexibility index (Phi) is 31.7. The summed E-state index contributed by atoms with van der Waals surface area (Å²) in [7, 11) is 0. The van der Waals surface area contributed by atoms with Crippen LogP contribution in [0.25, 0.3) is 111 Å². The van der Waals surface area contributed by atoms with Crippen LogP contribution in [0.3, 0.4) is 0 Å². The fourth-order valence-electron chi connectivity index (χ4n) is 26.1. The molecule has 3 nitrogen and oxygen atoms in total. The molecule has 0 radical (unpaired) electrons. The average molecular weight is 1740 g/mol. The van der Waals surface area contributed by atoms with Gasteiger partial charge in [-0.3, -0.25) is 0 Å². The number of benzene rings is 11. The Balaban J connectivity index is 0.958. The van der Waals surface area contributed by atoms with E-state index in [1.54, 1.807) is 38.9 Å². The van der Waals surface area contributed by atoms with Gasteiger partial charge in [0, 0.05) is 71.3 Å². The van der Waals surface area contributed by atoms with Crippen molar-refractivity contribution in [3.63, 3.8) is 0 Å². The third kappa shape index (κ3) is 18.6. The van der Waals surface area contributed by atoms with E-state index in [-0.39, 0.29) is 21.7 Å². The van der Waals surface area contributed by atoms with Crippen LogP contribution in [0.5, 0.6) is 0 Å². The standard InChI is InChI=1S/C128H159NO2/c1-9-17-25-33-39-57-82-125(83-58-40-34-26-18-10-2)108-80-81-115-117(103-69-50-53-74-113(103)130-115)116(108)106-93-111-105(92-112(106)125)100-78-76-96(90-109(100)126(111,84-59-41-35-27-19-11-3)85-60-42-36-28-20-12-4)129(123-98(94-64-45-43-46-65-94)71-63-72-99(123)95-66-47-44-48-67-95)97-77-79-102-110(91-97)128(88-55-31-23-15-7,89-56-32-24-16-8)122-120(102)124-119(104-70-51-54-75-114(104)131-124)118-101-68-49-52-73-107(101)127(121(118)122,86-61-37-29-21-13-5)87-62-38-30-22-14-6/h43-54,63-81,90-93H,9-42,55-62,82-89H2,1-8H3. The van der Waals surface area contributed by atoms with Gasteiger partial charge in [-0.05, 0) is 201 Å². The van der Waals surface area contributed by atoms with Crippen molar-refractivity contribution in [2.24, 2.45) is 0 Å². The molecule has 13 aromatic rings. The molecule has 4 aliphatic carbocycles. The molecule has 131 heavy (non-hydrogen) atoms. The van der Waals surface area contributed by atoms with E-state index in [1.807, 2.05) is 0 Å². The summed E-state index contributed by atoms with van der Waals surface area (Å²) >= 11 is 0. The van der Waals surface area contributed by atoms with Crippen LogP contribution in [0.2, 0.25) is 0 Å². The van der Waals surface area contributed by atoms with E-state index in [2.05, 4.69) is 273 Å². The van der Waals surface area contributed by atoms with E-state index >= 15 is 0 Å². The number of anilines is 3. The lowest BCUT2D eigenvalue weighted by Crippen LogP contribution is -2.33. The van der Waals surface area contributed by atoms with Gasteiger partial charge in [-0.15, -0.1) is 0 Å². The first-order valence-corrected chi connectivity index (χ1v) is 54.3. The molecule has 17 rings (SSSR count). The van der Waals surface area contributed by atoms with Crippen LogP contribution >= 0.6 is 0 Å². The number of hydrogen-bond donors (Lipinski definition) is 0. The molecule has 0 amide bonds. The Morgan fingerprint density at radius 1 is 0.214 bits per heavy atom. The first-order valence-electron chi connectivity index (χ1n) is 54.3. The van der Waals surface area contributed by atoms with Gasteiger partial charge in [-0.1, -0.05) is 483 Å². The highest BCUT2D eigenvalue weighted by atomic mass is 16.3. The summed E-state index contributed by atoms with van der Waals surface area (Å²) in [6.07, 6.45) is 62.2. The Morgan fingerprint density at radius 2 is 0.557 bits per heavy atom. The molecule has 0 fully saturated rings. The molecule has 688 valence electrons. The third-order valence-corrected chi connectivity index (χ3v) is 32.7. The molecule has 0 spiro atoms. The molecule has 0 atom stereocenters. The van der Waals surface area contributed by atoms with E-state index in [9.17, 15) is 0 Å². The first kappa shape index (κ1) is 93.6. The van der Waals surface area contributed by atoms with Gasteiger partial charge >= 0.3 is 0 Å². The van der Waals surface area contributed by atoms with Crippen molar-refractivity contribution >= 4 is 60.9 Å². The smallest absolute Gasteiger partial charge is 0.144 e. The summed E-state index contributed by atoms with van der Waals surface area (Å²) in [4.78, 5) is 2.87. The SMILES string of the molecule is CCCCCCCCC1(CCCCCCCC)c2cc(N(c3ccc4c(c3)C(CCCCCC)(CCCCCC)c3c5c(c6c(oc7ccccc76)c3-4)-c3ccccc3C5(CCCCCCC)CCCCCCC)c3c(-c4ccccc4)cccc3-c3ccccc3)ccc2-c2cc3c(cc21)-c1c(ccc2oc4ccccc4c12)C3(CCCCCCCC)CCCCCCCC. The third-order valence-electron chi connectivity index (χ3n) is 32.7. The van der Waals surface area contributed by atoms with E-state index in [0.717, 1.165) is 48.0 Å². The topological polar surface area (TPSA) is 29.5 Å². The van der Waals surface area contributed by atoms with E-state index < -0.39 is 0 Å². The monoisotopic (exact) mass is 1740 g/mol. The second-order valence-corrected chi connectivity index (χ2v) is 41.3. The van der Waals surface area contributed by atoms with E-state index in [1.165, 1.54) is 406 Å². The molecule has 2 aromatic heterocycles. The molecule has 0 saturated heterocycles. The normalized spacial score (nSPS) is 14.4. The molecule has 0 aliphatic heterocycles. The Morgan fingerprint density at radius 3 is 1.05 bits per heavy atom. The molecule has 0 saturated carbocycles. The molecular weight excluding hydrogens is 1580 g/mol. The highest BCUT2D eigenvalue weighted by molar-refractivity contribution is 6.21. The maximum Gasteiger partial charge on any atom is 0.144 e. The highest BCUT2D eigenvalue weighted by Gasteiger charge is 2.55. The number of unbranched alkanes of at least 4 members (excludes halogenated alkanes) is 34. The first-order chi connectivity index (χ1) is 64.7. The number of fused-ring (bicyclic) bond motifs is 22. The summed E-state index contributed by atoms with van der Waals surface area (Å²) in [5, 5.41) is 5.20. The maximum absolute atomic E-state index is 7.87. The van der Waals surface area contributed by atoms with Gasteiger partial charge in [0.1, 0.15) is 22.3 Å². The van der Waals surface area contributed by atoms with Crippen LogP contribution < -0.4 is 4.90 Å². The molecule has 0 unspecified atom stereocenters. The minimum atomic E-state index is -0.334. The number of para-hydroxylation sites is 3.